The van der Waals surface area contributed by atoms with Gasteiger partial charge in [-0.15, -0.1) is 0 Å². The Labute approximate surface area is 300 Å². The minimum Gasteiger partial charge on any atom is -0.484 e. The summed E-state index contributed by atoms with van der Waals surface area (Å²) in [7, 11) is 0. The van der Waals surface area contributed by atoms with Crippen LogP contribution in [0.2, 0.25) is 0 Å². The molecule has 2 saturated heterocycles. The van der Waals surface area contributed by atoms with Crippen LogP contribution in [0.5, 0.6) is 11.6 Å². The number of carbonyl (C=O) groups is 3. The van der Waals surface area contributed by atoms with Gasteiger partial charge in [-0.3, -0.25) is 14.5 Å². The van der Waals surface area contributed by atoms with Gasteiger partial charge >= 0.3 is 18.4 Å². The first kappa shape index (κ1) is 37.4. The molecule has 1 atom stereocenters. The molecule has 3 aromatic rings. The van der Waals surface area contributed by atoms with Crippen molar-refractivity contribution < 1.29 is 54.9 Å². The number of amides is 4. The molecule has 0 aliphatic carbocycles. The van der Waals surface area contributed by atoms with Gasteiger partial charge in [-0.25, -0.2) is 9.78 Å². The van der Waals surface area contributed by atoms with E-state index in [1.54, 1.807) is 24.0 Å². The van der Waals surface area contributed by atoms with Gasteiger partial charge in [0.15, 0.2) is 11.3 Å². The Hall–Kier alpha value is -5.32. The number of nitrogens with zero attached hydrogens (tertiary/aromatic N) is 4. The number of halogens is 6. The maximum Gasteiger partial charge on any atom is 0.430 e. The van der Waals surface area contributed by atoms with Crippen molar-refractivity contribution in [2.24, 2.45) is 0 Å². The van der Waals surface area contributed by atoms with Crippen molar-refractivity contribution in [1.82, 2.24) is 20.1 Å². The summed E-state index contributed by atoms with van der Waals surface area (Å²) in [4.78, 5) is 48.1. The molecule has 53 heavy (non-hydrogen) atoms. The van der Waals surface area contributed by atoms with Gasteiger partial charge in [-0.05, 0) is 49.2 Å². The molecular formula is C36H35F6N5O6. The normalized spacial score (nSPS) is 19.6. The van der Waals surface area contributed by atoms with Gasteiger partial charge in [-0.1, -0.05) is 48.6 Å². The first-order chi connectivity index (χ1) is 25.1. The van der Waals surface area contributed by atoms with E-state index >= 15 is 0 Å². The summed E-state index contributed by atoms with van der Waals surface area (Å²) in [6.07, 6.45) is -8.85. The third-order valence-electron chi connectivity index (χ3n) is 9.34. The molecule has 0 bridgehead atoms. The number of hydrogen-bond donors (Lipinski definition) is 1. The number of benzene rings is 2. The first-order valence-corrected chi connectivity index (χ1v) is 16.6. The third-order valence-corrected chi connectivity index (χ3v) is 9.34. The standard InChI is InChI=1S/C36H35F6N5O6/c1-3-7-24-20-25(34(35(37,38)39,36(40,41)42)53-22-23-8-5-4-6-9-23)10-11-26(24)45-14-16-46(17-15-45)29(48)21-47-31(49)33(2,44-32(47)50)28-13-12-27-30(43-28)52-19-18-51-27/h3-13,20H,14-19,21-22H2,1-2H3,(H,44,50)/b7-3-. The first-order valence-electron chi connectivity index (χ1n) is 16.6. The van der Waals surface area contributed by atoms with E-state index in [-0.39, 0.29) is 55.5 Å². The molecule has 1 aromatic heterocycles. The second-order valence-electron chi connectivity index (χ2n) is 12.7. The second-order valence-corrected chi connectivity index (χ2v) is 12.7. The SMILES string of the molecule is C/C=C\c1cc(C(OCc2ccccc2)(C(F)(F)F)C(F)(F)F)ccc1N1CCN(C(=O)CN2C(=O)NC(C)(c3ccc4c(n3)OCCO4)C2=O)CC1. The van der Waals surface area contributed by atoms with Crippen LogP contribution < -0.4 is 19.7 Å². The van der Waals surface area contributed by atoms with E-state index < -0.39 is 60.1 Å². The molecule has 0 spiro atoms. The van der Waals surface area contributed by atoms with Crippen LogP contribution in [0.25, 0.3) is 6.08 Å². The maximum atomic E-state index is 14.6. The molecule has 1 N–H and O–H groups in total. The van der Waals surface area contributed by atoms with Gasteiger partial charge in [-0.2, -0.15) is 26.3 Å². The molecule has 4 amide bonds. The summed E-state index contributed by atoms with van der Waals surface area (Å²) in [5, 5.41) is 2.60. The average molecular weight is 748 g/mol. The number of hydrogen-bond acceptors (Lipinski definition) is 8. The number of urea groups is 1. The minimum atomic E-state index is -5.87. The van der Waals surface area contributed by atoms with Gasteiger partial charge in [0.1, 0.15) is 19.8 Å². The highest BCUT2D eigenvalue weighted by Crippen LogP contribution is 2.54. The predicted molar refractivity (Wildman–Crippen MR) is 178 cm³/mol. The zero-order valence-electron chi connectivity index (χ0n) is 28.6. The van der Waals surface area contributed by atoms with Gasteiger partial charge in [0.05, 0.1) is 12.3 Å². The van der Waals surface area contributed by atoms with Crippen LogP contribution in [0.3, 0.4) is 0 Å². The molecule has 3 aliphatic heterocycles. The molecule has 6 rings (SSSR count). The number of ether oxygens (including phenoxy) is 3. The number of pyridine rings is 1. The molecule has 2 aromatic carbocycles. The lowest BCUT2D eigenvalue weighted by Crippen LogP contribution is -2.56. The van der Waals surface area contributed by atoms with Gasteiger partial charge < -0.3 is 29.3 Å². The van der Waals surface area contributed by atoms with Crippen LogP contribution in [0.1, 0.15) is 36.2 Å². The van der Waals surface area contributed by atoms with E-state index in [0.717, 1.165) is 17.0 Å². The Morgan fingerprint density at radius 1 is 0.943 bits per heavy atom. The van der Waals surface area contributed by atoms with Crippen molar-refractivity contribution in [3.63, 3.8) is 0 Å². The van der Waals surface area contributed by atoms with E-state index in [1.807, 2.05) is 0 Å². The monoisotopic (exact) mass is 747 g/mol. The molecule has 282 valence electrons. The molecule has 0 radical (unpaired) electrons. The van der Waals surface area contributed by atoms with Crippen molar-refractivity contribution in [2.45, 2.75) is 43.9 Å². The van der Waals surface area contributed by atoms with Crippen LogP contribution in [0.15, 0.2) is 66.7 Å². The Balaban J connectivity index is 1.16. The van der Waals surface area contributed by atoms with E-state index in [0.29, 0.717) is 18.0 Å². The Morgan fingerprint density at radius 2 is 1.62 bits per heavy atom. The molecule has 11 nitrogen and oxygen atoms in total. The lowest BCUT2D eigenvalue weighted by molar-refractivity contribution is -0.392. The summed E-state index contributed by atoms with van der Waals surface area (Å²) in [6, 6.07) is 12.3. The molecule has 2 fully saturated rings. The average Bonchev–Trinajstić information content (AvgIpc) is 3.34. The summed E-state index contributed by atoms with van der Waals surface area (Å²) < 4.78 is 103. The predicted octanol–water partition coefficient (Wildman–Crippen LogP) is 5.54. The highest BCUT2D eigenvalue weighted by Gasteiger charge is 2.73. The fourth-order valence-corrected chi connectivity index (χ4v) is 6.53. The molecule has 0 saturated carbocycles. The number of carbonyl (C=O) groups excluding carboxylic acids is 3. The van der Waals surface area contributed by atoms with Crippen LogP contribution in [0, 0.1) is 0 Å². The number of piperazine rings is 1. The Bertz CT molecular complexity index is 1880. The zero-order valence-corrected chi connectivity index (χ0v) is 28.6. The Kier molecular flexibility index (Phi) is 10.1. The number of fused-ring (bicyclic) bond motifs is 1. The largest absolute Gasteiger partial charge is 0.484 e. The highest BCUT2D eigenvalue weighted by atomic mass is 19.4. The van der Waals surface area contributed by atoms with Gasteiger partial charge in [0.25, 0.3) is 17.4 Å². The fraction of sp³-hybridized carbons (Fsp3) is 0.389. The van der Waals surface area contributed by atoms with Gasteiger partial charge in [0.2, 0.25) is 5.91 Å². The van der Waals surface area contributed by atoms with Crippen molar-refractivity contribution >= 4 is 29.6 Å². The number of nitrogens with one attached hydrogen (secondary N) is 1. The smallest absolute Gasteiger partial charge is 0.430 e. The number of anilines is 1. The van der Waals surface area contributed by atoms with Crippen LogP contribution in [-0.2, 0) is 32.1 Å². The summed E-state index contributed by atoms with van der Waals surface area (Å²) in [5.74, 6) is -0.666. The van der Waals surface area contributed by atoms with Crippen molar-refractivity contribution in [3.05, 3.63) is 89.1 Å². The molecule has 1 unspecified atom stereocenters. The third kappa shape index (κ3) is 6.96. The van der Waals surface area contributed by atoms with Crippen LogP contribution in [-0.4, -0.2) is 90.9 Å². The van der Waals surface area contributed by atoms with Gasteiger partial charge in [0, 0.05) is 37.4 Å². The molecule has 3 aliphatic rings. The van der Waals surface area contributed by atoms with Crippen LogP contribution >= 0.6 is 0 Å². The quantitative estimate of drug-likeness (QED) is 0.225. The number of aromatic nitrogens is 1. The number of alkyl halides is 6. The summed E-state index contributed by atoms with van der Waals surface area (Å²) in [5.41, 5.74) is -6.59. The van der Waals surface area contributed by atoms with Crippen LogP contribution in [0.4, 0.5) is 36.8 Å². The van der Waals surface area contributed by atoms with E-state index in [1.165, 1.54) is 60.4 Å². The minimum absolute atomic E-state index is 0.0809. The zero-order chi connectivity index (χ0) is 38.2. The number of imide groups is 1. The highest BCUT2D eigenvalue weighted by molar-refractivity contribution is 6.09. The number of allylic oxidation sites excluding steroid dienone is 1. The molecule has 17 heteroatoms. The Morgan fingerprint density at radius 3 is 2.28 bits per heavy atom. The summed E-state index contributed by atoms with van der Waals surface area (Å²) in [6.45, 7) is 2.62. The van der Waals surface area contributed by atoms with Crippen molar-refractivity contribution in [1.29, 1.82) is 0 Å². The molecule has 4 heterocycles. The lowest BCUT2D eigenvalue weighted by Gasteiger charge is -2.39. The second kappa shape index (κ2) is 14.2. The number of rotatable bonds is 9. The molecular weight excluding hydrogens is 712 g/mol. The lowest BCUT2D eigenvalue weighted by atomic mass is 9.89. The van der Waals surface area contributed by atoms with Crippen molar-refractivity contribution in [2.75, 3.05) is 50.8 Å². The fourth-order valence-electron chi connectivity index (χ4n) is 6.53. The van der Waals surface area contributed by atoms with E-state index in [9.17, 15) is 40.7 Å². The topological polar surface area (TPSA) is 114 Å². The summed E-state index contributed by atoms with van der Waals surface area (Å²) >= 11 is 0. The maximum absolute atomic E-state index is 14.6. The van der Waals surface area contributed by atoms with E-state index in [2.05, 4.69) is 10.3 Å². The van der Waals surface area contributed by atoms with E-state index in [4.69, 9.17) is 14.2 Å². The van der Waals surface area contributed by atoms with Crippen molar-refractivity contribution in [3.8, 4) is 11.6 Å².